The van der Waals surface area contributed by atoms with Crippen LogP contribution >= 0.6 is 0 Å². The third-order valence-corrected chi connectivity index (χ3v) is 2.42. The summed E-state index contributed by atoms with van der Waals surface area (Å²) >= 11 is 0. The molecule has 0 aliphatic heterocycles. The molecule has 84 valence electrons. The lowest BCUT2D eigenvalue weighted by atomic mass is 10.1. The Labute approximate surface area is 92.6 Å². The lowest BCUT2D eigenvalue weighted by molar-refractivity contribution is 0.414. The first kappa shape index (κ1) is 12.1. The first-order valence-electron chi connectivity index (χ1n) is 5.47. The zero-order valence-corrected chi connectivity index (χ0v) is 10.1. The lowest BCUT2D eigenvalue weighted by Crippen LogP contribution is -2.19. The highest BCUT2D eigenvalue weighted by atomic mass is 16.5. The van der Waals surface area contributed by atoms with Gasteiger partial charge in [0.05, 0.1) is 7.11 Å². The van der Waals surface area contributed by atoms with Gasteiger partial charge in [-0.2, -0.15) is 0 Å². The molecule has 0 spiro atoms. The summed E-state index contributed by atoms with van der Waals surface area (Å²) < 4.78 is 5.17. The number of aryl methyl sites for hydroxylation is 1. The normalized spacial score (nSPS) is 10.7. The van der Waals surface area contributed by atoms with Crippen molar-refractivity contribution in [2.75, 3.05) is 13.7 Å². The fourth-order valence-corrected chi connectivity index (χ4v) is 1.49. The van der Waals surface area contributed by atoms with Gasteiger partial charge in [0.15, 0.2) is 0 Å². The third kappa shape index (κ3) is 3.92. The largest absolute Gasteiger partial charge is 0.497 e. The number of hydrogen-bond donors (Lipinski definition) is 1. The Morgan fingerprint density at radius 1 is 1.33 bits per heavy atom. The zero-order chi connectivity index (χ0) is 11.3. The summed E-state index contributed by atoms with van der Waals surface area (Å²) in [7, 11) is 1.70. The molecular weight excluding hydrogens is 186 g/mol. The molecule has 0 saturated carbocycles. The summed E-state index contributed by atoms with van der Waals surface area (Å²) in [6, 6.07) is 6.22. The van der Waals surface area contributed by atoms with Crippen LogP contribution in [0.3, 0.4) is 0 Å². The molecule has 0 aliphatic carbocycles. The maximum Gasteiger partial charge on any atom is 0.119 e. The Bertz CT molecular complexity index is 307. The predicted molar refractivity (Wildman–Crippen MR) is 64.3 cm³/mol. The molecule has 0 saturated heterocycles. The SMILES string of the molecule is COc1ccc(CNCC(C)C)c(C)c1. The minimum atomic E-state index is 0.698. The van der Waals surface area contributed by atoms with E-state index in [9.17, 15) is 0 Å². The molecule has 15 heavy (non-hydrogen) atoms. The van der Waals surface area contributed by atoms with Gasteiger partial charge in [-0.05, 0) is 42.6 Å². The van der Waals surface area contributed by atoms with Gasteiger partial charge in [0, 0.05) is 6.54 Å². The van der Waals surface area contributed by atoms with E-state index in [1.807, 2.05) is 6.07 Å². The molecule has 0 fully saturated rings. The minimum Gasteiger partial charge on any atom is -0.497 e. The van der Waals surface area contributed by atoms with Gasteiger partial charge in [-0.1, -0.05) is 19.9 Å². The van der Waals surface area contributed by atoms with Crippen molar-refractivity contribution in [3.63, 3.8) is 0 Å². The van der Waals surface area contributed by atoms with Crippen LogP contribution in [0.4, 0.5) is 0 Å². The van der Waals surface area contributed by atoms with Crippen molar-refractivity contribution in [2.24, 2.45) is 5.92 Å². The fraction of sp³-hybridized carbons (Fsp3) is 0.538. The molecule has 1 rings (SSSR count). The van der Waals surface area contributed by atoms with Crippen molar-refractivity contribution >= 4 is 0 Å². The second-order valence-corrected chi connectivity index (χ2v) is 4.32. The lowest BCUT2D eigenvalue weighted by Gasteiger charge is -2.10. The molecule has 1 aromatic rings. The average Bonchev–Trinajstić information content (AvgIpc) is 2.20. The molecule has 2 nitrogen and oxygen atoms in total. The molecule has 0 heterocycles. The summed E-state index contributed by atoms with van der Waals surface area (Å²) in [4.78, 5) is 0. The number of hydrogen-bond acceptors (Lipinski definition) is 2. The summed E-state index contributed by atoms with van der Waals surface area (Å²) in [6.45, 7) is 8.55. The molecule has 0 aliphatic rings. The van der Waals surface area contributed by atoms with Crippen LogP contribution in [-0.2, 0) is 6.54 Å². The van der Waals surface area contributed by atoms with Crippen LogP contribution in [0.15, 0.2) is 18.2 Å². The Kier molecular flexibility index (Phi) is 4.63. The van der Waals surface area contributed by atoms with Crippen LogP contribution in [0.5, 0.6) is 5.75 Å². The smallest absolute Gasteiger partial charge is 0.119 e. The van der Waals surface area contributed by atoms with Crippen LogP contribution in [0.25, 0.3) is 0 Å². The molecule has 0 radical (unpaired) electrons. The summed E-state index contributed by atoms with van der Waals surface area (Å²) in [5, 5.41) is 3.44. The summed E-state index contributed by atoms with van der Waals surface area (Å²) in [5.74, 6) is 1.63. The summed E-state index contributed by atoms with van der Waals surface area (Å²) in [5.41, 5.74) is 2.63. The Morgan fingerprint density at radius 2 is 2.07 bits per heavy atom. The van der Waals surface area contributed by atoms with E-state index >= 15 is 0 Å². The third-order valence-electron chi connectivity index (χ3n) is 2.42. The van der Waals surface area contributed by atoms with Crippen LogP contribution in [-0.4, -0.2) is 13.7 Å². The standard InChI is InChI=1S/C13H21NO/c1-10(2)8-14-9-12-5-6-13(15-4)7-11(12)3/h5-7,10,14H,8-9H2,1-4H3. The number of ether oxygens (including phenoxy) is 1. The van der Waals surface area contributed by atoms with Crippen LogP contribution < -0.4 is 10.1 Å². The van der Waals surface area contributed by atoms with E-state index < -0.39 is 0 Å². The molecule has 0 aromatic heterocycles. The topological polar surface area (TPSA) is 21.3 Å². The van der Waals surface area contributed by atoms with Crippen molar-refractivity contribution in [2.45, 2.75) is 27.3 Å². The molecule has 0 unspecified atom stereocenters. The van der Waals surface area contributed by atoms with Crippen molar-refractivity contribution < 1.29 is 4.74 Å². The van der Waals surface area contributed by atoms with E-state index in [0.717, 1.165) is 18.8 Å². The quantitative estimate of drug-likeness (QED) is 0.801. The van der Waals surface area contributed by atoms with Crippen molar-refractivity contribution in [3.05, 3.63) is 29.3 Å². The molecule has 1 aromatic carbocycles. The van der Waals surface area contributed by atoms with Gasteiger partial charge in [-0.15, -0.1) is 0 Å². The van der Waals surface area contributed by atoms with Crippen LogP contribution in [0, 0.1) is 12.8 Å². The van der Waals surface area contributed by atoms with E-state index in [1.165, 1.54) is 11.1 Å². The van der Waals surface area contributed by atoms with Crippen molar-refractivity contribution in [1.29, 1.82) is 0 Å². The average molecular weight is 207 g/mol. The molecular formula is C13H21NO. The Morgan fingerprint density at radius 3 is 2.60 bits per heavy atom. The van der Waals surface area contributed by atoms with E-state index in [1.54, 1.807) is 7.11 Å². The number of methoxy groups -OCH3 is 1. The maximum absolute atomic E-state index is 5.17. The number of benzene rings is 1. The fourth-order valence-electron chi connectivity index (χ4n) is 1.49. The van der Waals surface area contributed by atoms with Gasteiger partial charge in [-0.25, -0.2) is 0 Å². The van der Waals surface area contributed by atoms with Crippen molar-refractivity contribution in [1.82, 2.24) is 5.32 Å². The molecule has 0 amide bonds. The minimum absolute atomic E-state index is 0.698. The van der Waals surface area contributed by atoms with Crippen LogP contribution in [0.1, 0.15) is 25.0 Å². The van der Waals surface area contributed by atoms with Gasteiger partial charge >= 0.3 is 0 Å². The van der Waals surface area contributed by atoms with Gasteiger partial charge in [0.2, 0.25) is 0 Å². The highest BCUT2D eigenvalue weighted by Gasteiger charge is 2.00. The highest BCUT2D eigenvalue weighted by Crippen LogP contribution is 2.16. The first-order chi connectivity index (χ1) is 7.13. The first-order valence-corrected chi connectivity index (χ1v) is 5.47. The Balaban J connectivity index is 2.54. The second kappa shape index (κ2) is 5.76. The van der Waals surface area contributed by atoms with E-state index in [2.05, 4.69) is 38.2 Å². The molecule has 0 atom stereocenters. The van der Waals surface area contributed by atoms with E-state index in [4.69, 9.17) is 4.74 Å². The van der Waals surface area contributed by atoms with Gasteiger partial charge in [0.25, 0.3) is 0 Å². The predicted octanol–water partition coefficient (Wildman–Crippen LogP) is 2.75. The second-order valence-electron chi connectivity index (χ2n) is 4.32. The van der Waals surface area contributed by atoms with E-state index in [-0.39, 0.29) is 0 Å². The molecule has 1 N–H and O–H groups in total. The van der Waals surface area contributed by atoms with Gasteiger partial charge in [-0.3, -0.25) is 0 Å². The molecule has 0 bridgehead atoms. The number of nitrogens with one attached hydrogen (secondary N) is 1. The Hall–Kier alpha value is -1.02. The van der Waals surface area contributed by atoms with Crippen molar-refractivity contribution in [3.8, 4) is 5.75 Å². The van der Waals surface area contributed by atoms with Gasteiger partial charge < -0.3 is 10.1 Å². The van der Waals surface area contributed by atoms with Crippen LogP contribution in [0.2, 0.25) is 0 Å². The number of rotatable bonds is 5. The van der Waals surface area contributed by atoms with Gasteiger partial charge in [0.1, 0.15) is 5.75 Å². The summed E-state index contributed by atoms with van der Waals surface area (Å²) in [6.07, 6.45) is 0. The maximum atomic E-state index is 5.17. The molecule has 2 heteroatoms. The van der Waals surface area contributed by atoms with E-state index in [0.29, 0.717) is 5.92 Å². The monoisotopic (exact) mass is 207 g/mol. The highest BCUT2D eigenvalue weighted by molar-refractivity contribution is 5.34. The zero-order valence-electron chi connectivity index (χ0n) is 10.1.